The summed E-state index contributed by atoms with van der Waals surface area (Å²) in [6.45, 7) is 1.54. The van der Waals surface area contributed by atoms with Crippen molar-refractivity contribution in [1.29, 1.82) is 0 Å². The highest BCUT2D eigenvalue weighted by molar-refractivity contribution is 5.89. The number of amides is 1. The van der Waals surface area contributed by atoms with Crippen LogP contribution in [0.3, 0.4) is 0 Å². The van der Waals surface area contributed by atoms with Crippen molar-refractivity contribution in [2.24, 2.45) is 5.73 Å². The van der Waals surface area contributed by atoms with E-state index in [2.05, 4.69) is 14.5 Å². The van der Waals surface area contributed by atoms with Crippen LogP contribution in [0, 0.1) is 17.5 Å². The molecule has 1 aliphatic rings. The van der Waals surface area contributed by atoms with Crippen molar-refractivity contribution >= 4 is 30.4 Å². The third-order valence-electron chi connectivity index (χ3n) is 5.61. The van der Waals surface area contributed by atoms with E-state index in [0.29, 0.717) is 12.1 Å². The maximum atomic E-state index is 13.9. The molecule has 0 aliphatic carbocycles. The summed E-state index contributed by atoms with van der Waals surface area (Å²) < 4.78 is 96.1. The van der Waals surface area contributed by atoms with Gasteiger partial charge in [0, 0.05) is 38.5 Å². The van der Waals surface area contributed by atoms with E-state index >= 15 is 0 Å². The van der Waals surface area contributed by atoms with Gasteiger partial charge in [0.15, 0.2) is 17.3 Å². The number of hydrogen-bond acceptors (Lipinski definition) is 8. The summed E-state index contributed by atoms with van der Waals surface area (Å²) in [6, 6.07) is -0.0695. The Morgan fingerprint density at radius 1 is 1.07 bits per heavy atom. The Labute approximate surface area is 229 Å². The summed E-state index contributed by atoms with van der Waals surface area (Å²) in [4.78, 5) is 41.4. The standard InChI is InChI=1S/C23H24F6N4O6.ClH/c1-3-37-22(36)39-11(2)38-20(35)19-17-10-32(4-5-33(17)21(31-19)23(27,28)29)18(34)8-13(30)6-12-7-15(25)16(26)9-14(12)24;/h7,9,11,13H,3-6,8,10,30H2,1-2H3;1H/t11?,13-;/m1./s1. The highest BCUT2D eigenvalue weighted by Gasteiger charge is 2.42. The van der Waals surface area contributed by atoms with Gasteiger partial charge in [0.1, 0.15) is 5.82 Å². The number of hydrogen-bond donors (Lipinski definition) is 1. The average molecular weight is 603 g/mol. The van der Waals surface area contributed by atoms with Crippen molar-refractivity contribution in [2.45, 2.75) is 58.3 Å². The predicted molar refractivity (Wildman–Crippen MR) is 125 cm³/mol. The molecule has 1 amide bonds. The lowest BCUT2D eigenvalue weighted by Crippen LogP contribution is -2.42. The van der Waals surface area contributed by atoms with Crippen LogP contribution in [0.2, 0.25) is 0 Å². The van der Waals surface area contributed by atoms with Crippen molar-refractivity contribution in [3.8, 4) is 0 Å². The number of nitrogens with two attached hydrogens (primary N) is 1. The Morgan fingerprint density at radius 2 is 1.73 bits per heavy atom. The Morgan fingerprint density at radius 3 is 2.35 bits per heavy atom. The summed E-state index contributed by atoms with van der Waals surface area (Å²) in [7, 11) is 0. The number of aromatic nitrogens is 2. The lowest BCUT2D eigenvalue weighted by atomic mass is 10.0. The van der Waals surface area contributed by atoms with E-state index in [-0.39, 0.29) is 49.8 Å². The number of benzene rings is 1. The van der Waals surface area contributed by atoms with Crippen LogP contribution >= 0.6 is 12.4 Å². The number of halogens is 7. The normalized spacial score (nSPS) is 14.5. The summed E-state index contributed by atoms with van der Waals surface area (Å²) in [5, 5.41) is 0. The second kappa shape index (κ2) is 13.2. The molecule has 3 rings (SSSR count). The first kappa shape index (κ1) is 32.7. The van der Waals surface area contributed by atoms with Crippen molar-refractivity contribution in [3.63, 3.8) is 0 Å². The monoisotopic (exact) mass is 602 g/mol. The van der Waals surface area contributed by atoms with Crippen LogP contribution < -0.4 is 5.73 Å². The number of carbonyl (C=O) groups is 3. The first-order valence-corrected chi connectivity index (χ1v) is 11.6. The van der Waals surface area contributed by atoms with Crippen molar-refractivity contribution in [2.75, 3.05) is 13.2 Å². The Hall–Kier alpha value is -3.53. The van der Waals surface area contributed by atoms with Gasteiger partial charge in [-0.2, -0.15) is 13.2 Å². The van der Waals surface area contributed by atoms with Gasteiger partial charge in [-0.15, -0.1) is 12.4 Å². The number of imidazole rings is 1. The van der Waals surface area contributed by atoms with E-state index in [1.54, 1.807) is 0 Å². The molecule has 222 valence electrons. The van der Waals surface area contributed by atoms with Crippen LogP contribution in [0.1, 0.15) is 47.8 Å². The SMILES string of the molecule is CCOC(=O)OC(C)OC(=O)c1nc(C(F)(F)F)n2c1CN(C(=O)C[C@H](N)Cc1cc(F)c(F)cc1F)CC2.Cl. The van der Waals surface area contributed by atoms with Gasteiger partial charge in [-0.1, -0.05) is 0 Å². The fraction of sp³-hybridized carbons (Fsp3) is 0.478. The van der Waals surface area contributed by atoms with E-state index in [1.807, 2.05) is 0 Å². The number of carbonyl (C=O) groups excluding carboxylic acids is 3. The van der Waals surface area contributed by atoms with Crippen LogP contribution in [-0.4, -0.2) is 58.0 Å². The summed E-state index contributed by atoms with van der Waals surface area (Å²) >= 11 is 0. The molecule has 1 unspecified atom stereocenters. The molecule has 0 radical (unpaired) electrons. The van der Waals surface area contributed by atoms with Crippen LogP contribution in [0.15, 0.2) is 12.1 Å². The van der Waals surface area contributed by atoms with Gasteiger partial charge in [-0.3, -0.25) is 4.79 Å². The van der Waals surface area contributed by atoms with Crippen LogP contribution in [-0.2, 0) is 44.7 Å². The molecule has 1 aromatic carbocycles. The zero-order chi connectivity index (χ0) is 29.1. The van der Waals surface area contributed by atoms with Gasteiger partial charge in [-0.25, -0.2) is 27.7 Å². The maximum Gasteiger partial charge on any atom is 0.511 e. The van der Waals surface area contributed by atoms with Gasteiger partial charge < -0.3 is 29.4 Å². The molecule has 10 nitrogen and oxygen atoms in total. The number of fused-ring (bicyclic) bond motifs is 1. The van der Waals surface area contributed by atoms with Crippen molar-refractivity contribution < 1.29 is 54.9 Å². The minimum atomic E-state index is -4.94. The highest BCUT2D eigenvalue weighted by Crippen LogP contribution is 2.33. The zero-order valence-corrected chi connectivity index (χ0v) is 21.9. The minimum absolute atomic E-state index is 0. The molecule has 40 heavy (non-hydrogen) atoms. The average Bonchev–Trinajstić information content (AvgIpc) is 3.22. The summed E-state index contributed by atoms with van der Waals surface area (Å²) in [5.41, 5.74) is 4.61. The molecule has 17 heteroatoms. The van der Waals surface area contributed by atoms with Crippen LogP contribution in [0.25, 0.3) is 0 Å². The molecule has 0 spiro atoms. The topological polar surface area (TPSA) is 126 Å². The van der Waals surface area contributed by atoms with Gasteiger partial charge in [0.25, 0.3) is 0 Å². The van der Waals surface area contributed by atoms with Crippen LogP contribution in [0.4, 0.5) is 31.1 Å². The Bertz CT molecular complexity index is 1260. The molecule has 2 N–H and O–H groups in total. The molecule has 0 saturated carbocycles. The largest absolute Gasteiger partial charge is 0.511 e. The first-order chi connectivity index (χ1) is 18.2. The summed E-state index contributed by atoms with van der Waals surface area (Å²) in [5.74, 6) is -7.12. The second-order valence-corrected chi connectivity index (χ2v) is 8.50. The van der Waals surface area contributed by atoms with E-state index in [9.17, 15) is 40.7 Å². The quantitative estimate of drug-likeness (QED) is 0.210. The highest BCUT2D eigenvalue weighted by atomic mass is 35.5. The molecule has 2 heterocycles. The predicted octanol–water partition coefficient (Wildman–Crippen LogP) is 3.72. The van der Waals surface area contributed by atoms with Gasteiger partial charge in [-0.05, 0) is 25.0 Å². The molecule has 0 saturated heterocycles. The lowest BCUT2D eigenvalue weighted by molar-refractivity contribution is -0.148. The fourth-order valence-electron chi connectivity index (χ4n) is 3.91. The molecular weight excluding hydrogens is 578 g/mol. The Kier molecular flexibility index (Phi) is 10.8. The van der Waals surface area contributed by atoms with E-state index < -0.39 is 78.5 Å². The molecule has 0 fully saturated rings. The van der Waals surface area contributed by atoms with Crippen molar-refractivity contribution in [1.82, 2.24) is 14.5 Å². The van der Waals surface area contributed by atoms with Gasteiger partial charge in [0.2, 0.25) is 18.0 Å². The maximum absolute atomic E-state index is 13.9. The first-order valence-electron chi connectivity index (χ1n) is 11.6. The molecule has 1 aliphatic heterocycles. The van der Waals surface area contributed by atoms with E-state index in [4.69, 9.17) is 10.5 Å². The van der Waals surface area contributed by atoms with Crippen molar-refractivity contribution in [3.05, 3.63) is 52.4 Å². The third-order valence-corrected chi connectivity index (χ3v) is 5.61. The smallest absolute Gasteiger partial charge is 0.435 e. The van der Waals surface area contributed by atoms with Gasteiger partial charge in [0.05, 0.1) is 18.8 Å². The van der Waals surface area contributed by atoms with E-state index in [0.717, 1.165) is 16.4 Å². The molecule has 2 atom stereocenters. The molecule has 0 bridgehead atoms. The number of rotatable bonds is 8. The fourth-order valence-corrected chi connectivity index (χ4v) is 3.91. The number of nitrogens with zero attached hydrogens (tertiary/aromatic N) is 3. The van der Waals surface area contributed by atoms with Gasteiger partial charge >= 0.3 is 18.3 Å². The number of alkyl halides is 3. The molecule has 1 aromatic heterocycles. The number of esters is 1. The lowest BCUT2D eigenvalue weighted by Gasteiger charge is -2.30. The zero-order valence-electron chi connectivity index (χ0n) is 21.1. The minimum Gasteiger partial charge on any atom is -0.435 e. The van der Waals surface area contributed by atoms with Crippen LogP contribution in [0.5, 0.6) is 0 Å². The third kappa shape index (κ3) is 7.78. The number of ether oxygens (including phenoxy) is 3. The molecular formula is C23H25ClF6N4O6. The Balaban J connectivity index is 0.00000560. The summed E-state index contributed by atoms with van der Waals surface area (Å²) in [6.07, 6.45) is -8.38. The second-order valence-electron chi connectivity index (χ2n) is 8.50. The molecule has 2 aromatic rings. The van der Waals surface area contributed by atoms with E-state index in [1.165, 1.54) is 6.92 Å².